The van der Waals surface area contributed by atoms with E-state index in [-0.39, 0.29) is 0 Å². The van der Waals surface area contributed by atoms with Gasteiger partial charge in [-0.1, -0.05) is 15.9 Å². The summed E-state index contributed by atoms with van der Waals surface area (Å²) < 4.78 is 3.78. The van der Waals surface area contributed by atoms with E-state index < -0.39 is 0 Å². The highest BCUT2D eigenvalue weighted by Crippen LogP contribution is 2.32. The number of anilines is 1. The van der Waals surface area contributed by atoms with Gasteiger partial charge in [-0.05, 0) is 53.5 Å². The molecular weight excluding hydrogens is 358 g/mol. The van der Waals surface area contributed by atoms with Crippen LogP contribution in [0.4, 0.5) is 5.82 Å². The first kappa shape index (κ1) is 13.2. The maximum absolute atomic E-state index is 9.14. The van der Waals surface area contributed by atoms with Gasteiger partial charge in [0.1, 0.15) is 11.9 Å². The molecule has 0 atom stereocenters. The van der Waals surface area contributed by atoms with Crippen molar-refractivity contribution in [3.05, 3.63) is 44.0 Å². The van der Waals surface area contributed by atoms with Gasteiger partial charge in [0, 0.05) is 14.6 Å². The van der Waals surface area contributed by atoms with Crippen molar-refractivity contribution >= 4 is 37.7 Å². The molecule has 0 unspecified atom stereocenters. The average Bonchev–Trinajstić information content (AvgIpc) is 2.54. The molecule has 0 aliphatic carbocycles. The fraction of sp³-hybridized carbons (Fsp3) is 0.154. The van der Waals surface area contributed by atoms with Gasteiger partial charge in [-0.2, -0.15) is 5.26 Å². The van der Waals surface area contributed by atoms with Crippen molar-refractivity contribution in [2.45, 2.75) is 13.8 Å². The molecule has 0 amide bonds. The second kappa shape index (κ2) is 4.79. The van der Waals surface area contributed by atoms with Gasteiger partial charge in [-0.25, -0.2) is 0 Å². The minimum Gasteiger partial charge on any atom is -0.384 e. The Morgan fingerprint density at radius 2 is 1.94 bits per heavy atom. The van der Waals surface area contributed by atoms with E-state index in [0.717, 1.165) is 25.9 Å². The molecule has 3 nitrogen and oxygen atoms in total. The number of benzene rings is 1. The van der Waals surface area contributed by atoms with Crippen LogP contribution in [0.2, 0.25) is 0 Å². The largest absolute Gasteiger partial charge is 0.384 e. The van der Waals surface area contributed by atoms with Crippen molar-refractivity contribution in [1.82, 2.24) is 4.57 Å². The number of halogens is 2. The lowest BCUT2D eigenvalue weighted by molar-refractivity contribution is 1.01. The molecule has 1 aromatic carbocycles. The molecule has 18 heavy (non-hydrogen) atoms. The third kappa shape index (κ3) is 1.96. The summed E-state index contributed by atoms with van der Waals surface area (Å²) in [7, 11) is 0. The summed E-state index contributed by atoms with van der Waals surface area (Å²) in [6.45, 7) is 3.87. The number of rotatable bonds is 1. The van der Waals surface area contributed by atoms with Crippen LogP contribution in [0.15, 0.2) is 27.1 Å². The highest BCUT2D eigenvalue weighted by Gasteiger charge is 2.17. The van der Waals surface area contributed by atoms with E-state index in [1.807, 2.05) is 36.6 Å². The van der Waals surface area contributed by atoms with Crippen LogP contribution in [0.1, 0.15) is 16.8 Å². The molecule has 0 aliphatic rings. The van der Waals surface area contributed by atoms with Crippen LogP contribution in [-0.2, 0) is 0 Å². The molecule has 0 spiro atoms. The fourth-order valence-corrected chi connectivity index (χ4v) is 2.71. The van der Waals surface area contributed by atoms with E-state index >= 15 is 0 Å². The van der Waals surface area contributed by atoms with Gasteiger partial charge in [0.25, 0.3) is 0 Å². The molecule has 0 bridgehead atoms. The molecule has 2 aromatic rings. The maximum Gasteiger partial charge on any atom is 0.126 e. The van der Waals surface area contributed by atoms with E-state index in [4.69, 9.17) is 11.0 Å². The summed E-state index contributed by atoms with van der Waals surface area (Å²) in [5, 5.41) is 9.14. The summed E-state index contributed by atoms with van der Waals surface area (Å²) in [5.41, 5.74) is 9.43. The number of nitrogens with two attached hydrogens (primary N) is 1. The first-order chi connectivity index (χ1) is 8.47. The molecule has 0 aliphatic heterocycles. The Morgan fingerprint density at radius 1 is 1.28 bits per heavy atom. The van der Waals surface area contributed by atoms with Crippen LogP contribution >= 0.6 is 31.9 Å². The first-order valence-electron chi connectivity index (χ1n) is 5.30. The van der Waals surface area contributed by atoms with E-state index in [2.05, 4.69) is 37.9 Å². The normalized spacial score (nSPS) is 10.4. The van der Waals surface area contributed by atoms with Crippen LogP contribution in [0.5, 0.6) is 0 Å². The monoisotopic (exact) mass is 367 g/mol. The zero-order valence-corrected chi connectivity index (χ0v) is 13.1. The van der Waals surface area contributed by atoms with Crippen LogP contribution < -0.4 is 5.73 Å². The van der Waals surface area contributed by atoms with Crippen molar-refractivity contribution in [2.24, 2.45) is 0 Å². The van der Waals surface area contributed by atoms with Gasteiger partial charge >= 0.3 is 0 Å². The molecule has 92 valence electrons. The van der Waals surface area contributed by atoms with Gasteiger partial charge in [0.2, 0.25) is 0 Å². The minimum atomic E-state index is 0.478. The van der Waals surface area contributed by atoms with Crippen LogP contribution in [0.3, 0.4) is 0 Å². The lowest BCUT2D eigenvalue weighted by Gasteiger charge is -2.11. The number of aromatic nitrogens is 1. The fourth-order valence-electron chi connectivity index (χ4n) is 1.94. The molecule has 2 rings (SSSR count). The molecule has 2 N–H and O–H groups in total. The number of nitrogens with zero attached hydrogens (tertiary/aromatic N) is 2. The van der Waals surface area contributed by atoms with Gasteiger partial charge < -0.3 is 5.73 Å². The third-order valence-corrected chi connectivity index (χ3v) is 4.17. The topological polar surface area (TPSA) is 54.7 Å². The van der Waals surface area contributed by atoms with Gasteiger partial charge in [0.05, 0.1) is 11.3 Å². The average molecular weight is 369 g/mol. The van der Waals surface area contributed by atoms with E-state index in [1.165, 1.54) is 0 Å². The van der Waals surface area contributed by atoms with Gasteiger partial charge in [-0.3, -0.25) is 4.57 Å². The highest BCUT2D eigenvalue weighted by atomic mass is 79.9. The molecule has 0 saturated heterocycles. The Labute approximate surface area is 122 Å². The van der Waals surface area contributed by atoms with Gasteiger partial charge in [-0.15, -0.1) is 0 Å². The van der Waals surface area contributed by atoms with Crippen LogP contribution in [-0.4, -0.2) is 4.57 Å². The van der Waals surface area contributed by atoms with Gasteiger partial charge in [0.15, 0.2) is 0 Å². The number of hydrogen-bond acceptors (Lipinski definition) is 2. The molecule has 0 fully saturated rings. The number of nitrogen functional groups attached to an aromatic ring is 1. The predicted molar refractivity (Wildman–Crippen MR) is 79.8 cm³/mol. The molecular formula is C13H11Br2N3. The molecule has 0 radical (unpaired) electrons. The van der Waals surface area contributed by atoms with E-state index in [0.29, 0.717) is 11.4 Å². The minimum absolute atomic E-state index is 0.478. The zero-order chi connectivity index (χ0) is 13.4. The Hall–Kier alpha value is -1.25. The van der Waals surface area contributed by atoms with Crippen molar-refractivity contribution in [3.63, 3.8) is 0 Å². The maximum atomic E-state index is 9.14. The van der Waals surface area contributed by atoms with Crippen molar-refractivity contribution in [2.75, 3.05) is 5.73 Å². The zero-order valence-electron chi connectivity index (χ0n) is 9.96. The Bertz CT molecular complexity index is 666. The highest BCUT2D eigenvalue weighted by molar-refractivity contribution is 9.11. The number of hydrogen-bond donors (Lipinski definition) is 1. The van der Waals surface area contributed by atoms with Crippen LogP contribution in [0, 0.1) is 25.2 Å². The van der Waals surface area contributed by atoms with Crippen molar-refractivity contribution in [3.8, 4) is 11.8 Å². The van der Waals surface area contributed by atoms with Crippen molar-refractivity contribution < 1.29 is 0 Å². The van der Waals surface area contributed by atoms with E-state index in [9.17, 15) is 0 Å². The quantitative estimate of drug-likeness (QED) is 0.824. The summed E-state index contributed by atoms with van der Waals surface area (Å²) in [4.78, 5) is 0. The predicted octanol–water partition coefficient (Wildman–Crippen LogP) is 4.07. The summed E-state index contributed by atoms with van der Waals surface area (Å²) >= 11 is 6.96. The van der Waals surface area contributed by atoms with Crippen molar-refractivity contribution in [1.29, 1.82) is 5.26 Å². The second-order valence-corrected chi connectivity index (χ2v) is 5.78. The summed E-state index contributed by atoms with van der Waals surface area (Å²) in [6, 6.07) is 8.01. The van der Waals surface area contributed by atoms with E-state index in [1.54, 1.807) is 0 Å². The smallest absolute Gasteiger partial charge is 0.126 e. The lowest BCUT2D eigenvalue weighted by Crippen LogP contribution is -2.03. The molecule has 5 heteroatoms. The standard InChI is InChI=1S/C13H11Br2N3/c1-7-8(2)18(13(17)10(7)6-16)12-5-9(14)3-4-11(12)15/h3-5H,17H2,1-2H3. The summed E-state index contributed by atoms with van der Waals surface area (Å²) in [5.74, 6) is 0.478. The first-order valence-corrected chi connectivity index (χ1v) is 6.89. The third-order valence-electron chi connectivity index (χ3n) is 3.01. The second-order valence-electron chi connectivity index (χ2n) is 4.01. The molecule has 0 saturated carbocycles. The Kier molecular flexibility index (Phi) is 3.51. The Morgan fingerprint density at radius 3 is 2.50 bits per heavy atom. The summed E-state index contributed by atoms with van der Waals surface area (Å²) in [6.07, 6.45) is 0. The van der Waals surface area contributed by atoms with Crippen LogP contribution in [0.25, 0.3) is 5.69 Å². The number of nitriles is 1. The lowest BCUT2D eigenvalue weighted by atomic mass is 10.2. The SMILES string of the molecule is Cc1c(C#N)c(N)n(-c2cc(Br)ccc2Br)c1C. The Balaban J connectivity index is 2.80. The molecule has 1 aromatic heterocycles. The molecule has 1 heterocycles.